The normalized spacial score (nSPS) is 29.4. The largest absolute Gasteiger partial charge is 0.348 e. The highest BCUT2D eigenvalue weighted by molar-refractivity contribution is 7.71. The van der Waals surface area contributed by atoms with E-state index in [1.807, 2.05) is 0 Å². The second kappa shape index (κ2) is 3.01. The van der Waals surface area contributed by atoms with Crippen LogP contribution in [0.25, 0.3) is 0 Å². The Morgan fingerprint density at radius 1 is 1.58 bits per heavy atom. The summed E-state index contributed by atoms with van der Waals surface area (Å²) in [7, 11) is 0. The quantitative estimate of drug-likeness (QED) is 0.682. The van der Waals surface area contributed by atoms with Crippen LogP contribution in [-0.4, -0.2) is 10.1 Å². The Morgan fingerprint density at radius 3 is 2.92 bits per heavy atom. The van der Waals surface area contributed by atoms with Gasteiger partial charge < -0.3 is 4.52 Å². The molecule has 12 heavy (non-hydrogen) atoms. The summed E-state index contributed by atoms with van der Waals surface area (Å²) in [5.74, 6) is 2.29. The molecule has 0 saturated heterocycles. The van der Waals surface area contributed by atoms with E-state index in [2.05, 4.69) is 17.1 Å². The standard InChI is InChI=1S/C8H12N2OS/c1-5-2-3-6(4-5)7-9-8(12)11-10-7/h5-6H,2-4H2,1H3,(H,9,10,12). The van der Waals surface area contributed by atoms with Gasteiger partial charge >= 0.3 is 4.84 Å². The molecular formula is C8H12N2OS. The first-order chi connectivity index (χ1) is 5.75. The third-order valence-electron chi connectivity index (χ3n) is 2.54. The Bertz CT molecular complexity index is 317. The summed E-state index contributed by atoms with van der Waals surface area (Å²) in [6.07, 6.45) is 3.70. The lowest BCUT2D eigenvalue weighted by Crippen LogP contribution is -1.95. The summed E-state index contributed by atoms with van der Waals surface area (Å²) in [6.45, 7) is 2.27. The Balaban J connectivity index is 2.16. The van der Waals surface area contributed by atoms with E-state index in [1.54, 1.807) is 0 Å². The van der Waals surface area contributed by atoms with Gasteiger partial charge in [0.05, 0.1) is 0 Å². The molecule has 2 atom stereocenters. The first kappa shape index (κ1) is 7.98. The second-order valence-corrected chi connectivity index (χ2v) is 3.93. The molecule has 3 nitrogen and oxygen atoms in total. The first-order valence-corrected chi connectivity index (χ1v) is 4.72. The van der Waals surface area contributed by atoms with Crippen molar-refractivity contribution in [3.8, 4) is 0 Å². The number of aromatic nitrogens is 2. The topological polar surface area (TPSA) is 41.8 Å². The van der Waals surface area contributed by atoms with E-state index in [0.717, 1.165) is 11.7 Å². The van der Waals surface area contributed by atoms with Gasteiger partial charge in [-0.2, -0.15) is 4.98 Å². The van der Waals surface area contributed by atoms with Crippen LogP contribution in [0.3, 0.4) is 0 Å². The van der Waals surface area contributed by atoms with Crippen LogP contribution < -0.4 is 0 Å². The molecule has 0 aliphatic heterocycles. The lowest BCUT2D eigenvalue weighted by atomic mass is 10.1. The van der Waals surface area contributed by atoms with Gasteiger partial charge in [-0.3, -0.25) is 0 Å². The number of aromatic amines is 1. The van der Waals surface area contributed by atoms with Crippen molar-refractivity contribution < 1.29 is 4.52 Å². The van der Waals surface area contributed by atoms with E-state index in [9.17, 15) is 0 Å². The minimum Gasteiger partial charge on any atom is -0.348 e. The smallest absolute Gasteiger partial charge is 0.314 e. The van der Waals surface area contributed by atoms with Crippen LogP contribution >= 0.6 is 12.2 Å². The Kier molecular flexibility index (Phi) is 2.00. The van der Waals surface area contributed by atoms with Gasteiger partial charge in [0.25, 0.3) is 0 Å². The minimum absolute atomic E-state index is 0.324. The number of rotatable bonds is 1. The van der Waals surface area contributed by atoms with Crippen LogP contribution in [0.5, 0.6) is 0 Å². The Morgan fingerprint density at radius 2 is 2.42 bits per heavy atom. The molecule has 1 heterocycles. The van der Waals surface area contributed by atoms with Crippen molar-refractivity contribution in [3.05, 3.63) is 10.7 Å². The van der Waals surface area contributed by atoms with Crippen molar-refractivity contribution in [2.75, 3.05) is 0 Å². The summed E-state index contributed by atoms with van der Waals surface area (Å²) >= 11 is 4.79. The molecule has 0 aromatic carbocycles. The maximum atomic E-state index is 4.89. The lowest BCUT2D eigenvalue weighted by Gasteiger charge is -2.02. The predicted octanol–water partition coefficient (Wildman–Crippen LogP) is 2.64. The highest BCUT2D eigenvalue weighted by atomic mass is 32.1. The molecule has 0 radical (unpaired) electrons. The van der Waals surface area contributed by atoms with E-state index < -0.39 is 0 Å². The molecule has 0 bridgehead atoms. The van der Waals surface area contributed by atoms with Crippen molar-refractivity contribution >= 4 is 12.2 Å². The number of H-pyrrole nitrogens is 1. The van der Waals surface area contributed by atoms with Gasteiger partial charge in [0.2, 0.25) is 0 Å². The molecule has 1 aliphatic rings. The molecular weight excluding hydrogens is 172 g/mol. The molecule has 1 N–H and O–H groups in total. The van der Waals surface area contributed by atoms with Crippen molar-refractivity contribution in [2.45, 2.75) is 32.1 Å². The van der Waals surface area contributed by atoms with Gasteiger partial charge in [-0.25, -0.2) is 5.16 Å². The van der Waals surface area contributed by atoms with Gasteiger partial charge in [0.1, 0.15) is 5.82 Å². The fourth-order valence-corrected chi connectivity index (χ4v) is 2.01. The Hall–Kier alpha value is -0.640. The van der Waals surface area contributed by atoms with Crippen LogP contribution in [0, 0.1) is 10.8 Å². The summed E-state index contributed by atoms with van der Waals surface area (Å²) in [4.78, 5) is 4.44. The van der Waals surface area contributed by atoms with Gasteiger partial charge in [0, 0.05) is 5.92 Å². The minimum atomic E-state index is 0.324. The summed E-state index contributed by atoms with van der Waals surface area (Å²) in [6, 6.07) is 0. The molecule has 1 aromatic rings. The fourth-order valence-electron chi connectivity index (χ4n) is 1.87. The lowest BCUT2D eigenvalue weighted by molar-refractivity contribution is 0.392. The summed E-state index contributed by atoms with van der Waals surface area (Å²) in [5.41, 5.74) is 0. The first-order valence-electron chi connectivity index (χ1n) is 4.31. The Labute approximate surface area is 76.2 Å². The third kappa shape index (κ3) is 1.43. The number of nitrogens with zero attached hydrogens (tertiary/aromatic N) is 1. The van der Waals surface area contributed by atoms with Gasteiger partial charge in [0.15, 0.2) is 0 Å². The van der Waals surface area contributed by atoms with Crippen molar-refractivity contribution in [3.63, 3.8) is 0 Å². The SMILES string of the molecule is CC1CCC(c2nc(=S)o[nH]2)C1. The van der Waals surface area contributed by atoms with E-state index >= 15 is 0 Å². The zero-order chi connectivity index (χ0) is 8.55. The highest BCUT2D eigenvalue weighted by Gasteiger charge is 2.25. The van der Waals surface area contributed by atoms with Crippen LogP contribution in [0.4, 0.5) is 0 Å². The molecule has 1 aromatic heterocycles. The third-order valence-corrected chi connectivity index (χ3v) is 2.71. The number of hydrogen-bond donors (Lipinski definition) is 1. The molecule has 1 saturated carbocycles. The number of nitrogens with one attached hydrogen (secondary N) is 1. The van der Waals surface area contributed by atoms with E-state index in [-0.39, 0.29) is 0 Å². The summed E-state index contributed by atoms with van der Waals surface area (Å²) < 4.78 is 4.89. The highest BCUT2D eigenvalue weighted by Crippen LogP contribution is 2.36. The van der Waals surface area contributed by atoms with Crippen LogP contribution in [-0.2, 0) is 0 Å². The van der Waals surface area contributed by atoms with Crippen molar-refractivity contribution in [2.24, 2.45) is 5.92 Å². The van der Waals surface area contributed by atoms with Crippen LogP contribution in [0.2, 0.25) is 0 Å². The van der Waals surface area contributed by atoms with Gasteiger partial charge in [-0.05, 0) is 37.4 Å². The van der Waals surface area contributed by atoms with E-state index in [0.29, 0.717) is 10.8 Å². The zero-order valence-electron chi connectivity index (χ0n) is 7.04. The maximum Gasteiger partial charge on any atom is 0.314 e. The van der Waals surface area contributed by atoms with Crippen molar-refractivity contribution in [1.29, 1.82) is 0 Å². The molecule has 1 aliphatic carbocycles. The summed E-state index contributed by atoms with van der Waals surface area (Å²) in [5, 5.41) is 2.78. The average molecular weight is 184 g/mol. The molecule has 2 rings (SSSR count). The van der Waals surface area contributed by atoms with Crippen LogP contribution in [0.15, 0.2) is 4.52 Å². The average Bonchev–Trinajstić information content (AvgIpc) is 2.58. The second-order valence-electron chi connectivity index (χ2n) is 3.58. The van der Waals surface area contributed by atoms with Crippen molar-refractivity contribution in [1.82, 2.24) is 10.1 Å². The fraction of sp³-hybridized carbons (Fsp3) is 0.750. The zero-order valence-corrected chi connectivity index (χ0v) is 7.86. The molecule has 0 spiro atoms. The van der Waals surface area contributed by atoms with Gasteiger partial charge in [-0.15, -0.1) is 0 Å². The molecule has 4 heteroatoms. The van der Waals surface area contributed by atoms with E-state index in [1.165, 1.54) is 19.3 Å². The van der Waals surface area contributed by atoms with Crippen LogP contribution in [0.1, 0.15) is 37.9 Å². The monoisotopic (exact) mass is 184 g/mol. The molecule has 0 amide bonds. The predicted molar refractivity (Wildman–Crippen MR) is 47.4 cm³/mol. The van der Waals surface area contributed by atoms with E-state index in [4.69, 9.17) is 16.7 Å². The molecule has 66 valence electrons. The molecule has 1 fully saturated rings. The molecule has 2 unspecified atom stereocenters. The maximum absolute atomic E-state index is 4.89. The number of hydrogen-bond acceptors (Lipinski definition) is 3. The van der Waals surface area contributed by atoms with Gasteiger partial charge in [-0.1, -0.05) is 6.92 Å².